The van der Waals surface area contributed by atoms with Gasteiger partial charge in [0.05, 0.1) is 11.4 Å². The van der Waals surface area contributed by atoms with Gasteiger partial charge in [0.15, 0.2) is 5.96 Å². The summed E-state index contributed by atoms with van der Waals surface area (Å²) in [5.41, 5.74) is 6.53. The summed E-state index contributed by atoms with van der Waals surface area (Å²) in [5, 5.41) is 5.05. The summed E-state index contributed by atoms with van der Waals surface area (Å²) in [5.74, 6) is 1.61. The van der Waals surface area contributed by atoms with Gasteiger partial charge < -0.3 is 15.5 Å². The Labute approximate surface area is 139 Å². The first-order valence-electron chi connectivity index (χ1n) is 6.17. The Morgan fingerprint density at radius 2 is 2.35 bits per heavy atom. The van der Waals surface area contributed by atoms with Gasteiger partial charge >= 0.3 is 0 Å². The van der Waals surface area contributed by atoms with Crippen LogP contribution in [-0.4, -0.2) is 17.5 Å². The fourth-order valence-corrected chi connectivity index (χ4v) is 2.08. The third kappa shape index (κ3) is 5.12. The minimum absolute atomic E-state index is 0. The van der Waals surface area contributed by atoms with Gasteiger partial charge in [0.25, 0.3) is 0 Å². The van der Waals surface area contributed by atoms with Gasteiger partial charge in [0, 0.05) is 6.54 Å². The second-order valence-electron chi connectivity index (χ2n) is 4.60. The van der Waals surface area contributed by atoms with Gasteiger partial charge in [0.1, 0.15) is 12.0 Å². The second kappa shape index (κ2) is 8.25. The molecule has 0 bridgehead atoms. The summed E-state index contributed by atoms with van der Waals surface area (Å²) in [6, 6.07) is 3.94. The number of aromatic nitrogens is 1. The van der Waals surface area contributed by atoms with Crippen molar-refractivity contribution in [2.75, 3.05) is 6.54 Å². The summed E-state index contributed by atoms with van der Waals surface area (Å²) < 4.78 is 5.41. The number of guanidine groups is 1. The van der Waals surface area contributed by atoms with Crippen LogP contribution in [0, 0.1) is 5.92 Å². The molecule has 2 heterocycles. The van der Waals surface area contributed by atoms with Crippen molar-refractivity contribution in [3.63, 3.8) is 0 Å². The zero-order valence-corrected chi connectivity index (χ0v) is 14.6. The largest absolute Gasteiger partial charge is 0.443 e. The molecule has 0 saturated heterocycles. The van der Waals surface area contributed by atoms with E-state index in [1.165, 1.54) is 0 Å². The quantitative estimate of drug-likeness (QED) is 0.455. The maximum atomic E-state index is 5.75. The average molecular weight is 406 g/mol. The Morgan fingerprint density at radius 3 is 3.00 bits per heavy atom. The number of nitrogens with zero attached hydrogens (tertiary/aromatic N) is 2. The molecule has 0 aliphatic rings. The van der Waals surface area contributed by atoms with Crippen molar-refractivity contribution < 1.29 is 4.42 Å². The lowest BCUT2D eigenvalue weighted by Crippen LogP contribution is -2.34. The molecule has 0 aliphatic carbocycles. The van der Waals surface area contributed by atoms with Crippen LogP contribution in [0.4, 0.5) is 0 Å². The standard InChI is InChI=1S/C13H18N4OS.HI/c1-9(2)6-15-13(14)16-7-10-8-18-12(17-10)11-4-3-5-19-11;/h3-5,8-9H,6-7H2,1-2H3,(H3,14,15,16);1H. The predicted octanol–water partition coefficient (Wildman–Crippen LogP) is 3.08. The summed E-state index contributed by atoms with van der Waals surface area (Å²) in [6.45, 7) is 5.47. The number of hydrogen-bond acceptors (Lipinski definition) is 4. The number of halogens is 1. The molecular formula is C13H19IN4OS. The molecule has 0 aliphatic heterocycles. The zero-order valence-electron chi connectivity index (χ0n) is 11.5. The Kier molecular flexibility index (Phi) is 7.00. The maximum Gasteiger partial charge on any atom is 0.236 e. The molecule has 0 fully saturated rings. The molecule has 110 valence electrons. The monoisotopic (exact) mass is 406 g/mol. The smallest absolute Gasteiger partial charge is 0.236 e. The van der Waals surface area contributed by atoms with E-state index in [0.717, 1.165) is 17.1 Å². The van der Waals surface area contributed by atoms with Crippen molar-refractivity contribution in [3.05, 3.63) is 29.5 Å². The van der Waals surface area contributed by atoms with E-state index in [4.69, 9.17) is 10.2 Å². The van der Waals surface area contributed by atoms with E-state index in [9.17, 15) is 0 Å². The van der Waals surface area contributed by atoms with E-state index in [2.05, 4.69) is 29.1 Å². The molecule has 0 aromatic carbocycles. The van der Waals surface area contributed by atoms with Crippen LogP contribution in [0.15, 0.2) is 33.2 Å². The van der Waals surface area contributed by atoms with Crippen molar-refractivity contribution >= 4 is 41.3 Å². The SMILES string of the molecule is CC(C)CNC(N)=NCc1coc(-c2cccs2)n1.I. The first-order valence-corrected chi connectivity index (χ1v) is 7.05. The van der Waals surface area contributed by atoms with Crippen LogP contribution < -0.4 is 11.1 Å². The number of oxazole rings is 1. The van der Waals surface area contributed by atoms with E-state index in [1.54, 1.807) is 17.6 Å². The highest BCUT2D eigenvalue weighted by atomic mass is 127. The normalized spacial score (nSPS) is 11.4. The van der Waals surface area contributed by atoms with Crippen LogP contribution in [-0.2, 0) is 6.54 Å². The van der Waals surface area contributed by atoms with Crippen LogP contribution in [0.5, 0.6) is 0 Å². The molecule has 5 nitrogen and oxygen atoms in total. The van der Waals surface area contributed by atoms with Gasteiger partial charge in [-0.1, -0.05) is 19.9 Å². The average Bonchev–Trinajstić information content (AvgIpc) is 3.03. The number of nitrogens with one attached hydrogen (secondary N) is 1. The predicted molar refractivity (Wildman–Crippen MR) is 93.4 cm³/mol. The van der Waals surface area contributed by atoms with E-state index >= 15 is 0 Å². The van der Waals surface area contributed by atoms with Crippen molar-refractivity contribution in [1.29, 1.82) is 0 Å². The Morgan fingerprint density at radius 1 is 1.55 bits per heavy atom. The van der Waals surface area contributed by atoms with Gasteiger partial charge in [0.2, 0.25) is 5.89 Å². The van der Waals surface area contributed by atoms with Gasteiger partial charge in [-0.15, -0.1) is 35.3 Å². The maximum absolute atomic E-state index is 5.75. The highest BCUT2D eigenvalue weighted by molar-refractivity contribution is 14.0. The molecule has 2 aromatic heterocycles. The summed E-state index contributed by atoms with van der Waals surface area (Å²) in [4.78, 5) is 9.61. The van der Waals surface area contributed by atoms with Gasteiger partial charge in [-0.2, -0.15) is 0 Å². The molecule has 2 aromatic rings. The van der Waals surface area contributed by atoms with Crippen molar-refractivity contribution in [3.8, 4) is 10.8 Å². The topological polar surface area (TPSA) is 76.4 Å². The second-order valence-corrected chi connectivity index (χ2v) is 5.55. The van der Waals surface area contributed by atoms with Crippen LogP contribution in [0.3, 0.4) is 0 Å². The number of nitrogens with two attached hydrogens (primary N) is 1. The minimum atomic E-state index is 0. The molecular weight excluding hydrogens is 387 g/mol. The number of rotatable bonds is 5. The Balaban J connectivity index is 0.00000200. The molecule has 0 amide bonds. The fourth-order valence-electron chi connectivity index (χ4n) is 1.42. The Bertz CT molecular complexity index is 536. The van der Waals surface area contributed by atoms with E-state index in [-0.39, 0.29) is 24.0 Å². The van der Waals surface area contributed by atoms with Crippen molar-refractivity contribution in [2.45, 2.75) is 20.4 Å². The fraction of sp³-hybridized carbons (Fsp3) is 0.385. The Hall–Kier alpha value is -1.09. The van der Waals surface area contributed by atoms with Crippen molar-refractivity contribution in [1.82, 2.24) is 10.3 Å². The summed E-state index contributed by atoms with van der Waals surface area (Å²) in [7, 11) is 0. The third-order valence-corrected chi connectivity index (χ3v) is 3.24. The molecule has 0 unspecified atom stereocenters. The molecule has 0 saturated carbocycles. The number of aliphatic imine (C=N–C) groups is 1. The molecule has 0 atom stereocenters. The first-order chi connectivity index (χ1) is 9.15. The van der Waals surface area contributed by atoms with Crippen LogP contribution >= 0.6 is 35.3 Å². The number of thiophene rings is 1. The van der Waals surface area contributed by atoms with Crippen molar-refractivity contribution in [2.24, 2.45) is 16.6 Å². The molecule has 20 heavy (non-hydrogen) atoms. The van der Waals surface area contributed by atoms with E-state index in [1.807, 2.05) is 17.5 Å². The molecule has 7 heteroatoms. The molecule has 2 rings (SSSR count). The highest BCUT2D eigenvalue weighted by Crippen LogP contribution is 2.23. The molecule has 3 N–H and O–H groups in total. The third-order valence-electron chi connectivity index (χ3n) is 2.39. The van der Waals surface area contributed by atoms with Crippen LogP contribution in [0.25, 0.3) is 10.8 Å². The van der Waals surface area contributed by atoms with Gasteiger partial charge in [-0.05, 0) is 17.4 Å². The number of hydrogen-bond donors (Lipinski definition) is 2. The molecule has 0 radical (unpaired) electrons. The lowest BCUT2D eigenvalue weighted by molar-refractivity contribution is 0.574. The van der Waals surface area contributed by atoms with Crippen LogP contribution in [0.2, 0.25) is 0 Å². The van der Waals surface area contributed by atoms with E-state index < -0.39 is 0 Å². The highest BCUT2D eigenvalue weighted by Gasteiger charge is 2.07. The lowest BCUT2D eigenvalue weighted by atomic mass is 10.2. The van der Waals surface area contributed by atoms with E-state index in [0.29, 0.717) is 24.3 Å². The lowest BCUT2D eigenvalue weighted by Gasteiger charge is -2.07. The molecule has 0 spiro atoms. The van der Waals surface area contributed by atoms with Gasteiger partial charge in [-0.25, -0.2) is 9.98 Å². The zero-order chi connectivity index (χ0) is 13.7. The first kappa shape index (κ1) is 17.0. The minimum Gasteiger partial charge on any atom is -0.443 e. The van der Waals surface area contributed by atoms with Gasteiger partial charge in [-0.3, -0.25) is 0 Å². The van der Waals surface area contributed by atoms with Crippen LogP contribution in [0.1, 0.15) is 19.5 Å². The summed E-state index contributed by atoms with van der Waals surface area (Å²) >= 11 is 1.60. The summed E-state index contributed by atoms with van der Waals surface area (Å²) in [6.07, 6.45) is 1.62.